The number of nitrogens with zero attached hydrogens (tertiary/aromatic N) is 5. The van der Waals surface area contributed by atoms with E-state index >= 15 is 0 Å². The second kappa shape index (κ2) is 7.00. The molecule has 4 rings (SSSR count). The van der Waals surface area contributed by atoms with Gasteiger partial charge < -0.3 is 4.52 Å². The Labute approximate surface area is 152 Å². The number of benzene rings is 2. The van der Waals surface area contributed by atoms with Crippen LogP contribution in [-0.2, 0) is 4.84 Å². The minimum absolute atomic E-state index is 0.390. The Kier molecular flexibility index (Phi) is 4.40. The molecule has 0 atom stereocenters. The SMILES string of the molecule is CON(O)c1ccc(-c2nc(-c3ccc(-c4csnn4)cc3)no2)cc1. The van der Waals surface area contributed by atoms with E-state index in [1.54, 1.807) is 24.3 Å². The zero-order chi connectivity index (χ0) is 17.9. The smallest absolute Gasteiger partial charge is 0.258 e. The number of hydrogen-bond donors (Lipinski definition) is 1. The lowest BCUT2D eigenvalue weighted by Crippen LogP contribution is -2.15. The van der Waals surface area contributed by atoms with Gasteiger partial charge in [-0.15, -0.1) is 10.3 Å². The fourth-order valence-electron chi connectivity index (χ4n) is 2.38. The maximum absolute atomic E-state index is 9.49. The van der Waals surface area contributed by atoms with Crippen molar-refractivity contribution in [1.82, 2.24) is 19.7 Å². The Bertz CT molecular complexity index is 984. The molecule has 0 aliphatic rings. The quantitative estimate of drug-likeness (QED) is 0.534. The van der Waals surface area contributed by atoms with Crippen molar-refractivity contribution < 1.29 is 14.6 Å². The van der Waals surface area contributed by atoms with Crippen LogP contribution >= 0.6 is 11.5 Å². The van der Waals surface area contributed by atoms with Gasteiger partial charge in [0.25, 0.3) is 5.89 Å². The van der Waals surface area contributed by atoms with Gasteiger partial charge in [0.1, 0.15) is 5.69 Å². The maximum Gasteiger partial charge on any atom is 0.258 e. The van der Waals surface area contributed by atoms with Gasteiger partial charge in [-0.25, -0.2) is 0 Å². The van der Waals surface area contributed by atoms with Crippen LogP contribution in [0.1, 0.15) is 0 Å². The number of anilines is 1. The van der Waals surface area contributed by atoms with Crippen molar-refractivity contribution >= 4 is 17.2 Å². The van der Waals surface area contributed by atoms with Crippen molar-refractivity contribution in [3.63, 3.8) is 0 Å². The summed E-state index contributed by atoms with van der Waals surface area (Å²) in [6.07, 6.45) is 0. The van der Waals surface area contributed by atoms with E-state index in [-0.39, 0.29) is 0 Å². The molecule has 0 unspecified atom stereocenters. The number of aromatic nitrogens is 4. The van der Waals surface area contributed by atoms with Gasteiger partial charge >= 0.3 is 0 Å². The molecule has 130 valence electrons. The molecule has 0 bridgehead atoms. The molecule has 0 aliphatic heterocycles. The molecule has 26 heavy (non-hydrogen) atoms. The molecule has 2 heterocycles. The second-order valence-corrected chi connectivity index (χ2v) is 5.90. The van der Waals surface area contributed by atoms with E-state index in [0.717, 1.165) is 22.4 Å². The Morgan fingerprint density at radius 1 is 1.00 bits per heavy atom. The van der Waals surface area contributed by atoms with E-state index < -0.39 is 0 Å². The van der Waals surface area contributed by atoms with E-state index in [9.17, 15) is 5.21 Å². The number of rotatable bonds is 5. The van der Waals surface area contributed by atoms with Gasteiger partial charge in [-0.2, -0.15) is 4.98 Å². The maximum atomic E-state index is 9.49. The first-order valence-electron chi connectivity index (χ1n) is 7.60. The first-order chi connectivity index (χ1) is 12.7. The summed E-state index contributed by atoms with van der Waals surface area (Å²) >= 11 is 1.31. The Morgan fingerprint density at radius 2 is 1.69 bits per heavy atom. The zero-order valence-electron chi connectivity index (χ0n) is 13.6. The molecule has 2 aromatic carbocycles. The third-order valence-electron chi connectivity index (χ3n) is 3.73. The summed E-state index contributed by atoms with van der Waals surface area (Å²) < 4.78 is 9.21. The van der Waals surface area contributed by atoms with Gasteiger partial charge in [0.2, 0.25) is 5.82 Å². The van der Waals surface area contributed by atoms with Crippen LogP contribution in [0.3, 0.4) is 0 Å². The zero-order valence-corrected chi connectivity index (χ0v) is 14.4. The minimum Gasteiger partial charge on any atom is -0.334 e. The third kappa shape index (κ3) is 3.18. The molecular formula is C17H13N5O3S. The lowest BCUT2D eigenvalue weighted by Gasteiger charge is -2.12. The molecule has 4 aromatic rings. The van der Waals surface area contributed by atoms with Crippen molar-refractivity contribution in [3.05, 3.63) is 53.9 Å². The highest BCUT2D eigenvalue weighted by atomic mass is 32.1. The van der Waals surface area contributed by atoms with E-state index in [0.29, 0.717) is 22.6 Å². The topological polar surface area (TPSA) is 97.4 Å². The van der Waals surface area contributed by atoms with Gasteiger partial charge in [-0.1, -0.05) is 33.9 Å². The molecule has 0 fully saturated rings. The lowest BCUT2D eigenvalue weighted by molar-refractivity contribution is -0.0109. The van der Waals surface area contributed by atoms with Crippen LogP contribution in [-0.4, -0.2) is 32.0 Å². The Balaban J connectivity index is 1.56. The molecule has 0 radical (unpaired) electrons. The Morgan fingerprint density at radius 3 is 2.35 bits per heavy atom. The first-order valence-corrected chi connectivity index (χ1v) is 8.43. The van der Waals surface area contributed by atoms with Gasteiger partial charge in [-0.05, 0) is 35.8 Å². The molecule has 0 amide bonds. The summed E-state index contributed by atoms with van der Waals surface area (Å²) in [6.45, 7) is 0. The van der Waals surface area contributed by atoms with Crippen LogP contribution in [0.4, 0.5) is 5.69 Å². The Hall–Kier alpha value is -3.14. The summed E-state index contributed by atoms with van der Waals surface area (Å²) in [5, 5.41) is 20.1. The fraction of sp³-hybridized carbons (Fsp3) is 0.0588. The average Bonchev–Trinajstić information content (AvgIpc) is 3.40. The predicted octanol–water partition coefficient (Wildman–Crippen LogP) is 3.68. The molecule has 2 aromatic heterocycles. The molecule has 9 heteroatoms. The highest BCUT2D eigenvalue weighted by Crippen LogP contribution is 2.26. The fourth-order valence-corrected chi connectivity index (χ4v) is 2.84. The van der Waals surface area contributed by atoms with Gasteiger partial charge in [0.05, 0.1) is 12.8 Å². The van der Waals surface area contributed by atoms with Gasteiger partial charge in [0.15, 0.2) is 0 Å². The highest BCUT2D eigenvalue weighted by molar-refractivity contribution is 7.03. The number of hydrogen-bond acceptors (Lipinski definition) is 9. The van der Waals surface area contributed by atoms with Crippen molar-refractivity contribution in [1.29, 1.82) is 0 Å². The molecular weight excluding hydrogens is 354 g/mol. The van der Waals surface area contributed by atoms with Crippen molar-refractivity contribution in [3.8, 4) is 34.1 Å². The van der Waals surface area contributed by atoms with Crippen LogP contribution in [0.25, 0.3) is 34.1 Å². The summed E-state index contributed by atoms with van der Waals surface area (Å²) in [6, 6.07) is 14.6. The van der Waals surface area contributed by atoms with Crippen molar-refractivity contribution in [2.45, 2.75) is 0 Å². The van der Waals surface area contributed by atoms with Gasteiger partial charge in [0, 0.05) is 22.1 Å². The molecule has 1 N–H and O–H groups in total. The molecule has 8 nitrogen and oxygen atoms in total. The standard InChI is InChI=1S/C17H13N5O3S/c1-24-22(23)14-8-6-13(7-9-14)17-18-16(20-25-17)12-4-2-11(3-5-12)15-10-26-21-19-15/h2-10,23H,1H3. The van der Waals surface area contributed by atoms with Crippen molar-refractivity contribution in [2.75, 3.05) is 12.3 Å². The third-order valence-corrected chi connectivity index (χ3v) is 4.24. The molecule has 0 saturated carbocycles. The van der Waals surface area contributed by atoms with Crippen LogP contribution in [0, 0.1) is 0 Å². The summed E-state index contributed by atoms with van der Waals surface area (Å²) in [7, 11) is 1.37. The van der Waals surface area contributed by atoms with Crippen molar-refractivity contribution in [2.24, 2.45) is 0 Å². The van der Waals surface area contributed by atoms with E-state index in [1.165, 1.54) is 18.6 Å². The van der Waals surface area contributed by atoms with Gasteiger partial charge in [-0.3, -0.25) is 10.0 Å². The van der Waals surface area contributed by atoms with Crippen LogP contribution in [0.2, 0.25) is 0 Å². The first kappa shape index (κ1) is 16.3. The van der Waals surface area contributed by atoms with Crippen LogP contribution < -0.4 is 5.23 Å². The average molecular weight is 367 g/mol. The highest BCUT2D eigenvalue weighted by Gasteiger charge is 2.12. The monoisotopic (exact) mass is 367 g/mol. The summed E-state index contributed by atoms with van der Waals surface area (Å²) in [4.78, 5) is 9.14. The van der Waals surface area contributed by atoms with E-state index in [4.69, 9.17) is 9.36 Å². The summed E-state index contributed by atoms with van der Waals surface area (Å²) in [5.74, 6) is 0.883. The largest absolute Gasteiger partial charge is 0.334 e. The lowest BCUT2D eigenvalue weighted by atomic mass is 10.1. The normalized spacial score (nSPS) is 10.8. The molecule has 0 saturated heterocycles. The predicted molar refractivity (Wildman–Crippen MR) is 95.3 cm³/mol. The summed E-state index contributed by atoms with van der Waals surface area (Å²) in [5.41, 5.74) is 3.88. The molecule has 0 aliphatic carbocycles. The van der Waals surface area contributed by atoms with E-state index in [2.05, 4.69) is 19.7 Å². The van der Waals surface area contributed by atoms with Crippen LogP contribution in [0.15, 0.2) is 58.4 Å². The minimum atomic E-state index is 0.390. The van der Waals surface area contributed by atoms with Crippen LogP contribution in [0.5, 0.6) is 0 Å². The van der Waals surface area contributed by atoms with E-state index in [1.807, 2.05) is 29.6 Å². The second-order valence-electron chi connectivity index (χ2n) is 5.29. The molecule has 0 spiro atoms.